The average Bonchev–Trinajstić information content (AvgIpc) is 2.93. The molecule has 3 rings (SSSR count). The molecule has 1 aliphatic rings. The summed E-state index contributed by atoms with van der Waals surface area (Å²) >= 11 is 12.1. The molecule has 6 nitrogen and oxygen atoms in total. The van der Waals surface area contributed by atoms with Crippen LogP contribution in [0.25, 0.3) is 0 Å². The molecule has 4 amide bonds. The van der Waals surface area contributed by atoms with Gasteiger partial charge in [0, 0.05) is 10.0 Å². The van der Waals surface area contributed by atoms with E-state index in [1.54, 1.807) is 32.0 Å². The first-order valence-corrected chi connectivity index (χ1v) is 10.1. The van der Waals surface area contributed by atoms with Crippen molar-refractivity contribution in [1.29, 1.82) is 0 Å². The third kappa shape index (κ3) is 4.13. The van der Waals surface area contributed by atoms with Gasteiger partial charge in [-0.1, -0.05) is 48.3 Å². The van der Waals surface area contributed by atoms with Crippen molar-refractivity contribution in [3.63, 3.8) is 0 Å². The topological polar surface area (TPSA) is 78.5 Å². The molecule has 0 saturated carbocycles. The predicted octanol–water partition coefficient (Wildman–Crippen LogP) is 4.17. The third-order valence-electron chi connectivity index (χ3n) is 5.15. The number of urea groups is 1. The highest BCUT2D eigenvalue weighted by atomic mass is 35.5. The molecule has 0 radical (unpaired) electrons. The summed E-state index contributed by atoms with van der Waals surface area (Å²) in [6, 6.07) is 9.11. The highest BCUT2D eigenvalue weighted by molar-refractivity contribution is 6.35. The Morgan fingerprint density at radius 3 is 2.47 bits per heavy atom. The molecule has 2 N–H and O–H groups in total. The van der Waals surface area contributed by atoms with E-state index in [0.29, 0.717) is 21.2 Å². The summed E-state index contributed by atoms with van der Waals surface area (Å²) in [5.41, 5.74) is -0.231. The van der Waals surface area contributed by atoms with Crippen LogP contribution in [0.1, 0.15) is 37.4 Å². The van der Waals surface area contributed by atoms with E-state index >= 15 is 0 Å². The van der Waals surface area contributed by atoms with Crippen LogP contribution < -0.4 is 10.6 Å². The lowest BCUT2D eigenvalue weighted by Gasteiger charge is -2.25. The Balaban J connectivity index is 1.74. The van der Waals surface area contributed by atoms with E-state index in [9.17, 15) is 18.8 Å². The summed E-state index contributed by atoms with van der Waals surface area (Å²) in [5, 5.41) is 6.25. The van der Waals surface area contributed by atoms with Crippen LogP contribution in [0.15, 0.2) is 42.5 Å². The smallest absolute Gasteiger partial charge is 0.325 e. The minimum atomic E-state index is -1.34. The lowest BCUT2D eigenvalue weighted by atomic mass is 9.87. The molecule has 0 spiro atoms. The first-order valence-electron chi connectivity index (χ1n) is 9.32. The maximum absolute atomic E-state index is 13.3. The molecule has 9 heteroatoms. The summed E-state index contributed by atoms with van der Waals surface area (Å²) in [6.07, 6.45) is 0.248. The number of halogens is 3. The quantitative estimate of drug-likeness (QED) is 0.646. The fourth-order valence-electron chi connectivity index (χ4n) is 3.50. The van der Waals surface area contributed by atoms with Gasteiger partial charge in [-0.15, -0.1) is 0 Å². The Labute approximate surface area is 183 Å². The second-order valence-electron chi connectivity index (χ2n) is 7.04. The monoisotopic (exact) mass is 451 g/mol. The van der Waals surface area contributed by atoms with Crippen molar-refractivity contribution in [2.75, 3.05) is 6.54 Å². The molecular weight excluding hydrogens is 432 g/mol. The summed E-state index contributed by atoms with van der Waals surface area (Å²) in [7, 11) is 0. The first kappa shape index (κ1) is 22.1. The van der Waals surface area contributed by atoms with E-state index < -0.39 is 41.8 Å². The van der Waals surface area contributed by atoms with Crippen molar-refractivity contribution < 1.29 is 18.8 Å². The number of carbonyl (C=O) groups excluding carboxylic acids is 3. The van der Waals surface area contributed by atoms with Gasteiger partial charge in [-0.05, 0) is 48.7 Å². The summed E-state index contributed by atoms with van der Waals surface area (Å²) < 4.78 is 13.3. The summed E-state index contributed by atoms with van der Waals surface area (Å²) in [4.78, 5) is 38.9. The van der Waals surface area contributed by atoms with Crippen LogP contribution in [0.4, 0.5) is 9.18 Å². The highest BCUT2D eigenvalue weighted by Gasteiger charge is 2.51. The summed E-state index contributed by atoms with van der Waals surface area (Å²) in [6.45, 7) is 3.01. The summed E-state index contributed by atoms with van der Waals surface area (Å²) in [5.74, 6) is -1.54. The maximum Gasteiger partial charge on any atom is 0.325 e. The number of nitrogens with zero attached hydrogens (tertiary/aromatic N) is 1. The van der Waals surface area contributed by atoms with Gasteiger partial charge >= 0.3 is 6.03 Å². The van der Waals surface area contributed by atoms with Crippen molar-refractivity contribution in [1.82, 2.24) is 15.5 Å². The van der Waals surface area contributed by atoms with Gasteiger partial charge in [0.2, 0.25) is 5.91 Å². The standard InChI is InChI=1S/C21H20Cl2FN3O3/c1-3-21(13-4-7-15(24)8-5-13)19(29)27(20(30)26-21)11-18(28)25-12(2)16-9-6-14(22)10-17(16)23/h4-10,12H,3,11H2,1-2H3,(H,25,28)(H,26,30). The molecule has 2 aromatic carbocycles. The van der Waals surface area contributed by atoms with Crippen LogP contribution in [0, 0.1) is 5.82 Å². The predicted molar refractivity (Wildman–Crippen MR) is 112 cm³/mol. The molecular formula is C21H20Cl2FN3O3. The lowest BCUT2D eigenvalue weighted by Crippen LogP contribution is -2.45. The minimum absolute atomic E-state index is 0.248. The number of carbonyl (C=O) groups is 3. The van der Waals surface area contributed by atoms with Gasteiger partial charge in [-0.2, -0.15) is 0 Å². The van der Waals surface area contributed by atoms with E-state index in [4.69, 9.17) is 23.2 Å². The molecule has 30 heavy (non-hydrogen) atoms. The fourth-order valence-corrected chi connectivity index (χ4v) is 4.08. The second kappa shape index (κ2) is 8.62. The van der Waals surface area contributed by atoms with Gasteiger partial charge in [-0.3, -0.25) is 14.5 Å². The number of rotatable bonds is 6. The van der Waals surface area contributed by atoms with Gasteiger partial charge in [0.25, 0.3) is 5.91 Å². The minimum Gasteiger partial charge on any atom is -0.348 e. The molecule has 2 aromatic rings. The fraction of sp³-hybridized carbons (Fsp3) is 0.286. The van der Waals surface area contributed by atoms with Gasteiger partial charge in [0.05, 0.1) is 6.04 Å². The molecule has 0 bridgehead atoms. The molecule has 1 heterocycles. The number of hydrogen-bond acceptors (Lipinski definition) is 3. The van der Waals surface area contributed by atoms with Gasteiger partial charge in [0.1, 0.15) is 17.9 Å². The number of amides is 4. The zero-order valence-electron chi connectivity index (χ0n) is 16.3. The average molecular weight is 452 g/mol. The van der Waals surface area contributed by atoms with Crippen LogP contribution in [0.5, 0.6) is 0 Å². The van der Waals surface area contributed by atoms with Crippen LogP contribution >= 0.6 is 23.2 Å². The van der Waals surface area contributed by atoms with Gasteiger partial charge < -0.3 is 10.6 Å². The van der Waals surface area contributed by atoms with Crippen LogP contribution in [-0.2, 0) is 15.1 Å². The lowest BCUT2D eigenvalue weighted by molar-refractivity contribution is -0.135. The normalized spacial score (nSPS) is 19.6. The first-order chi connectivity index (χ1) is 14.2. The van der Waals surface area contributed by atoms with Crippen molar-refractivity contribution in [3.05, 3.63) is 69.5 Å². The van der Waals surface area contributed by atoms with E-state index in [2.05, 4.69) is 10.6 Å². The van der Waals surface area contributed by atoms with Crippen molar-refractivity contribution in [3.8, 4) is 0 Å². The highest BCUT2D eigenvalue weighted by Crippen LogP contribution is 2.32. The molecule has 158 valence electrons. The SMILES string of the molecule is CCC1(c2ccc(F)cc2)NC(=O)N(CC(=O)NC(C)c2ccc(Cl)cc2Cl)C1=O. The van der Waals surface area contributed by atoms with E-state index in [-0.39, 0.29) is 6.42 Å². The van der Waals surface area contributed by atoms with E-state index in [1.807, 2.05) is 0 Å². The van der Waals surface area contributed by atoms with Gasteiger partial charge in [0.15, 0.2) is 0 Å². The van der Waals surface area contributed by atoms with Crippen molar-refractivity contribution in [2.45, 2.75) is 31.8 Å². The number of nitrogens with one attached hydrogen (secondary N) is 2. The van der Waals surface area contributed by atoms with Crippen molar-refractivity contribution >= 4 is 41.0 Å². The Kier molecular flexibility index (Phi) is 6.33. The van der Waals surface area contributed by atoms with Crippen molar-refractivity contribution in [2.24, 2.45) is 0 Å². The molecule has 1 aliphatic heterocycles. The zero-order chi connectivity index (χ0) is 22.1. The molecule has 1 fully saturated rings. The molecule has 0 aromatic heterocycles. The van der Waals surface area contributed by atoms with E-state index in [0.717, 1.165) is 4.90 Å². The number of benzene rings is 2. The second-order valence-corrected chi connectivity index (χ2v) is 7.89. The Hall–Kier alpha value is -2.64. The molecule has 0 aliphatic carbocycles. The Bertz CT molecular complexity index is 999. The Morgan fingerprint density at radius 1 is 1.20 bits per heavy atom. The molecule has 2 atom stereocenters. The van der Waals surface area contributed by atoms with Crippen LogP contribution in [0.3, 0.4) is 0 Å². The number of imide groups is 1. The van der Waals surface area contributed by atoms with Crippen LogP contribution in [-0.4, -0.2) is 29.3 Å². The van der Waals surface area contributed by atoms with Gasteiger partial charge in [-0.25, -0.2) is 9.18 Å². The largest absolute Gasteiger partial charge is 0.348 e. The molecule has 1 saturated heterocycles. The zero-order valence-corrected chi connectivity index (χ0v) is 17.9. The third-order valence-corrected chi connectivity index (χ3v) is 5.71. The maximum atomic E-state index is 13.3. The van der Waals surface area contributed by atoms with E-state index in [1.165, 1.54) is 24.3 Å². The molecule has 2 unspecified atom stereocenters. The van der Waals surface area contributed by atoms with Crippen LogP contribution in [0.2, 0.25) is 10.0 Å². The number of hydrogen-bond donors (Lipinski definition) is 2. The Morgan fingerprint density at radius 2 is 1.87 bits per heavy atom.